The molecule has 1 heterocycles. The summed E-state index contributed by atoms with van der Waals surface area (Å²) in [6.07, 6.45) is 0. The lowest BCUT2D eigenvalue weighted by Crippen LogP contribution is -2.31. The first-order chi connectivity index (χ1) is 7.61. The molecule has 2 aromatic rings. The van der Waals surface area contributed by atoms with Gasteiger partial charge in [0.1, 0.15) is 12.4 Å². The van der Waals surface area contributed by atoms with Crippen LogP contribution in [-0.4, -0.2) is 29.2 Å². The number of fused-ring (bicyclic) bond motifs is 1. The molecule has 0 fully saturated rings. The van der Waals surface area contributed by atoms with Crippen LogP contribution in [0.15, 0.2) is 30.3 Å². The molecule has 16 heavy (non-hydrogen) atoms. The molecular weight excluding hydrogens is 214 g/mol. The predicted molar refractivity (Wildman–Crippen MR) is 58.8 cm³/mol. The SMILES string of the molecule is OCC(F)(F)CNc1cc2ccccc2[nH]1. The first-order valence-corrected chi connectivity index (χ1v) is 4.91. The molecule has 3 nitrogen and oxygen atoms in total. The normalized spacial score (nSPS) is 11.9. The maximum absolute atomic E-state index is 12.8. The van der Waals surface area contributed by atoms with E-state index in [1.54, 1.807) is 6.07 Å². The number of H-pyrrole nitrogens is 1. The molecule has 2 rings (SSSR count). The van der Waals surface area contributed by atoms with E-state index in [2.05, 4.69) is 10.3 Å². The Bertz CT molecular complexity index is 449. The number of para-hydroxylation sites is 1. The van der Waals surface area contributed by atoms with Crippen LogP contribution >= 0.6 is 0 Å². The van der Waals surface area contributed by atoms with E-state index < -0.39 is 19.1 Å². The summed E-state index contributed by atoms with van der Waals surface area (Å²) in [6, 6.07) is 9.25. The maximum atomic E-state index is 12.8. The zero-order chi connectivity index (χ0) is 11.6. The van der Waals surface area contributed by atoms with Crippen molar-refractivity contribution in [3.05, 3.63) is 30.3 Å². The van der Waals surface area contributed by atoms with Crippen LogP contribution in [0.3, 0.4) is 0 Å². The van der Waals surface area contributed by atoms with Gasteiger partial charge in [0.05, 0.1) is 6.54 Å². The number of aliphatic hydroxyl groups excluding tert-OH is 1. The van der Waals surface area contributed by atoms with Gasteiger partial charge in [-0.1, -0.05) is 18.2 Å². The first kappa shape index (κ1) is 10.9. The quantitative estimate of drug-likeness (QED) is 0.748. The van der Waals surface area contributed by atoms with Crippen LogP contribution in [0.2, 0.25) is 0 Å². The minimum atomic E-state index is -3.10. The van der Waals surface area contributed by atoms with Gasteiger partial charge in [-0.25, -0.2) is 8.78 Å². The van der Waals surface area contributed by atoms with Crippen molar-refractivity contribution in [3.63, 3.8) is 0 Å². The van der Waals surface area contributed by atoms with Gasteiger partial charge in [0.15, 0.2) is 0 Å². The van der Waals surface area contributed by atoms with E-state index >= 15 is 0 Å². The van der Waals surface area contributed by atoms with Gasteiger partial charge >= 0.3 is 0 Å². The van der Waals surface area contributed by atoms with Crippen molar-refractivity contribution in [3.8, 4) is 0 Å². The molecule has 0 aliphatic rings. The van der Waals surface area contributed by atoms with E-state index in [1.807, 2.05) is 24.3 Å². The molecule has 0 aliphatic heterocycles. The molecule has 0 spiro atoms. The van der Waals surface area contributed by atoms with Crippen molar-refractivity contribution in [1.82, 2.24) is 4.98 Å². The second-order valence-corrected chi connectivity index (χ2v) is 3.64. The summed E-state index contributed by atoms with van der Waals surface area (Å²) in [4.78, 5) is 2.97. The summed E-state index contributed by atoms with van der Waals surface area (Å²) in [7, 11) is 0. The number of hydrogen-bond acceptors (Lipinski definition) is 2. The Labute approximate surface area is 91.1 Å². The Morgan fingerprint density at radius 3 is 2.75 bits per heavy atom. The fraction of sp³-hybridized carbons (Fsp3) is 0.273. The molecule has 0 amide bonds. The number of hydrogen-bond donors (Lipinski definition) is 3. The number of anilines is 1. The van der Waals surface area contributed by atoms with Crippen LogP contribution in [0.4, 0.5) is 14.6 Å². The molecule has 0 saturated carbocycles. The van der Waals surface area contributed by atoms with Gasteiger partial charge in [0.25, 0.3) is 5.92 Å². The van der Waals surface area contributed by atoms with E-state index in [1.165, 1.54) is 0 Å². The van der Waals surface area contributed by atoms with Gasteiger partial charge < -0.3 is 15.4 Å². The van der Waals surface area contributed by atoms with Gasteiger partial charge in [-0.3, -0.25) is 0 Å². The van der Waals surface area contributed by atoms with Crippen LogP contribution in [0.5, 0.6) is 0 Å². The number of benzene rings is 1. The summed E-state index contributed by atoms with van der Waals surface area (Å²) in [5, 5.41) is 11.9. The molecule has 0 unspecified atom stereocenters. The molecule has 0 atom stereocenters. The number of rotatable bonds is 4. The lowest BCUT2D eigenvalue weighted by Gasteiger charge is -2.13. The molecule has 0 bridgehead atoms. The van der Waals surface area contributed by atoms with Crippen LogP contribution in [0, 0.1) is 0 Å². The van der Waals surface area contributed by atoms with Gasteiger partial charge in [0, 0.05) is 10.9 Å². The highest BCUT2D eigenvalue weighted by atomic mass is 19.3. The lowest BCUT2D eigenvalue weighted by molar-refractivity contribution is -0.0373. The van der Waals surface area contributed by atoms with Crippen LogP contribution in [0.1, 0.15) is 0 Å². The number of alkyl halides is 2. The Morgan fingerprint density at radius 2 is 2.06 bits per heavy atom. The average Bonchev–Trinajstić information content (AvgIpc) is 2.69. The fourth-order valence-electron chi connectivity index (χ4n) is 1.45. The van der Waals surface area contributed by atoms with Crippen molar-refractivity contribution in [2.75, 3.05) is 18.5 Å². The average molecular weight is 226 g/mol. The molecule has 1 aromatic heterocycles. The van der Waals surface area contributed by atoms with Crippen molar-refractivity contribution >= 4 is 16.7 Å². The zero-order valence-corrected chi connectivity index (χ0v) is 8.50. The van der Waals surface area contributed by atoms with E-state index in [9.17, 15) is 8.78 Å². The van der Waals surface area contributed by atoms with Gasteiger partial charge in [-0.2, -0.15) is 0 Å². The monoisotopic (exact) mass is 226 g/mol. The predicted octanol–water partition coefficient (Wildman–Crippen LogP) is 2.21. The summed E-state index contributed by atoms with van der Waals surface area (Å²) < 4.78 is 25.5. The third-order valence-corrected chi connectivity index (χ3v) is 2.30. The van der Waals surface area contributed by atoms with Gasteiger partial charge in [-0.05, 0) is 12.1 Å². The largest absolute Gasteiger partial charge is 0.390 e. The summed E-state index contributed by atoms with van der Waals surface area (Å²) in [5.74, 6) is -2.58. The molecule has 0 radical (unpaired) electrons. The van der Waals surface area contributed by atoms with Crippen molar-refractivity contribution in [2.45, 2.75) is 5.92 Å². The highest BCUT2D eigenvalue weighted by molar-refractivity contribution is 5.83. The van der Waals surface area contributed by atoms with E-state index in [-0.39, 0.29) is 0 Å². The number of aliphatic hydroxyl groups is 1. The fourth-order valence-corrected chi connectivity index (χ4v) is 1.45. The Balaban J connectivity index is 2.10. The number of aromatic nitrogens is 1. The van der Waals surface area contributed by atoms with E-state index in [0.717, 1.165) is 10.9 Å². The number of halogens is 2. The minimum absolute atomic E-state index is 0.523. The maximum Gasteiger partial charge on any atom is 0.287 e. The topological polar surface area (TPSA) is 48.0 Å². The van der Waals surface area contributed by atoms with E-state index in [4.69, 9.17) is 5.11 Å². The second kappa shape index (κ2) is 4.09. The van der Waals surface area contributed by atoms with Crippen LogP contribution in [-0.2, 0) is 0 Å². The smallest absolute Gasteiger partial charge is 0.287 e. The summed E-state index contributed by atoms with van der Waals surface area (Å²) >= 11 is 0. The van der Waals surface area contributed by atoms with Crippen LogP contribution < -0.4 is 5.32 Å². The summed E-state index contributed by atoms with van der Waals surface area (Å²) in [5.41, 5.74) is 0.886. The zero-order valence-electron chi connectivity index (χ0n) is 8.50. The first-order valence-electron chi connectivity index (χ1n) is 4.91. The Kier molecular flexibility index (Phi) is 2.78. The molecule has 0 aliphatic carbocycles. The van der Waals surface area contributed by atoms with Gasteiger partial charge in [0.2, 0.25) is 0 Å². The van der Waals surface area contributed by atoms with Crippen molar-refractivity contribution < 1.29 is 13.9 Å². The van der Waals surface area contributed by atoms with Crippen molar-refractivity contribution in [2.24, 2.45) is 0 Å². The lowest BCUT2D eigenvalue weighted by atomic mass is 10.2. The molecule has 5 heteroatoms. The van der Waals surface area contributed by atoms with Crippen LogP contribution in [0.25, 0.3) is 10.9 Å². The molecular formula is C11H12F2N2O. The standard InChI is InChI=1S/C11H12F2N2O/c12-11(13,7-16)6-14-10-5-8-3-1-2-4-9(8)15-10/h1-5,14-16H,6-7H2. The Hall–Kier alpha value is -1.62. The molecule has 1 aromatic carbocycles. The highest BCUT2D eigenvalue weighted by Gasteiger charge is 2.27. The van der Waals surface area contributed by atoms with Crippen molar-refractivity contribution in [1.29, 1.82) is 0 Å². The van der Waals surface area contributed by atoms with E-state index in [0.29, 0.717) is 5.82 Å². The molecule has 0 saturated heterocycles. The highest BCUT2D eigenvalue weighted by Crippen LogP contribution is 2.19. The third-order valence-electron chi connectivity index (χ3n) is 2.30. The molecule has 86 valence electrons. The third kappa shape index (κ3) is 2.30. The number of aromatic amines is 1. The minimum Gasteiger partial charge on any atom is -0.390 e. The second-order valence-electron chi connectivity index (χ2n) is 3.64. The van der Waals surface area contributed by atoms with Gasteiger partial charge in [-0.15, -0.1) is 0 Å². The number of nitrogens with one attached hydrogen (secondary N) is 2. The Morgan fingerprint density at radius 1 is 1.31 bits per heavy atom. The molecule has 3 N–H and O–H groups in total. The summed E-state index contributed by atoms with van der Waals surface area (Å²) in [6.45, 7) is -1.74.